The quantitative estimate of drug-likeness (QED) is 0.151. The predicted octanol–water partition coefficient (Wildman–Crippen LogP) is 15.0. The first-order chi connectivity index (χ1) is 28.6. The van der Waals surface area contributed by atoms with Gasteiger partial charge in [0.2, 0.25) is 0 Å². The molecule has 0 atom stereocenters. The summed E-state index contributed by atoms with van der Waals surface area (Å²) in [6, 6.07) is 80.2. The highest BCUT2D eigenvalue weighted by Gasteiger charge is 2.14. The van der Waals surface area contributed by atoms with Gasteiger partial charge in [0.05, 0.1) is 6.61 Å². The van der Waals surface area contributed by atoms with Crippen molar-refractivity contribution in [2.24, 2.45) is 0 Å². The Morgan fingerprint density at radius 2 is 0.500 bits per heavy atom. The van der Waals surface area contributed by atoms with E-state index in [9.17, 15) is 5.11 Å². The van der Waals surface area contributed by atoms with Crippen LogP contribution >= 0.6 is 0 Å². The molecule has 0 amide bonds. The minimum absolute atomic E-state index is 0.0526. The van der Waals surface area contributed by atoms with Crippen LogP contribution in [0.1, 0.15) is 11.1 Å². The van der Waals surface area contributed by atoms with Crippen LogP contribution in [0.3, 0.4) is 0 Å². The van der Waals surface area contributed by atoms with E-state index < -0.39 is 0 Å². The molecule has 0 aliphatic heterocycles. The summed E-state index contributed by atoms with van der Waals surface area (Å²) in [5, 5.41) is 9.43. The lowest BCUT2D eigenvalue weighted by atomic mass is 9.98. The van der Waals surface area contributed by atoms with Crippen molar-refractivity contribution in [3.05, 3.63) is 236 Å². The van der Waals surface area contributed by atoms with Crippen LogP contribution in [0.25, 0.3) is 66.8 Å². The molecule has 1 N–H and O–H groups in total. The Bertz CT molecular complexity index is 2720. The molecule has 0 unspecified atom stereocenters. The van der Waals surface area contributed by atoms with E-state index in [-0.39, 0.29) is 6.61 Å². The topological polar surface area (TPSA) is 23.5 Å². The number of anilines is 3. The Morgan fingerprint density at radius 3 is 0.776 bits per heavy atom. The van der Waals surface area contributed by atoms with E-state index in [1.54, 1.807) is 0 Å². The van der Waals surface area contributed by atoms with Crippen LogP contribution < -0.4 is 4.90 Å². The first-order valence-corrected chi connectivity index (χ1v) is 19.8. The molecule has 0 spiro atoms. The Hall–Kier alpha value is -7.26. The Kier molecular flexibility index (Phi) is 10.3. The molecule has 0 aliphatic rings. The smallest absolute Gasteiger partial charge is 0.0681 e. The van der Waals surface area contributed by atoms with Gasteiger partial charge in [0.25, 0.3) is 0 Å². The van der Waals surface area contributed by atoms with E-state index in [1.165, 1.54) is 50.1 Å². The highest BCUT2D eigenvalue weighted by atomic mass is 16.3. The van der Waals surface area contributed by atoms with Crippen molar-refractivity contribution in [1.82, 2.24) is 0 Å². The van der Waals surface area contributed by atoms with Gasteiger partial charge in [-0.3, -0.25) is 0 Å². The molecule has 2 nitrogen and oxygen atoms in total. The molecule has 0 fully saturated rings. The fourth-order valence-electron chi connectivity index (χ4n) is 7.60. The summed E-state index contributed by atoms with van der Waals surface area (Å²) in [5.41, 5.74) is 19.7. The highest BCUT2D eigenvalue weighted by molar-refractivity contribution is 5.82. The van der Waals surface area contributed by atoms with E-state index in [1.807, 2.05) is 12.1 Å². The molecule has 58 heavy (non-hydrogen) atoms. The molecule has 0 bridgehead atoms. The monoisotopic (exact) mass is 745 g/mol. The number of aliphatic hydroxyl groups excluding tert-OH is 1. The number of hydrogen-bond donors (Lipinski definition) is 1. The summed E-state index contributed by atoms with van der Waals surface area (Å²) in [5.74, 6) is 0. The van der Waals surface area contributed by atoms with Gasteiger partial charge in [-0.05, 0) is 116 Å². The van der Waals surface area contributed by atoms with Gasteiger partial charge in [0.1, 0.15) is 0 Å². The molecule has 0 aliphatic carbocycles. The maximum Gasteiger partial charge on any atom is 0.0681 e. The van der Waals surface area contributed by atoms with Gasteiger partial charge in [-0.15, -0.1) is 0 Å². The second kappa shape index (κ2) is 16.5. The normalized spacial score (nSPS) is 11.0. The van der Waals surface area contributed by atoms with E-state index in [0.717, 1.165) is 44.9 Å². The Labute approximate surface area is 341 Å². The SMILES string of the molecule is Cc1ccc(-c2ccc(-c3ccc(N(c4ccc(-c5ccc(-c6ccccc6)cc5)cc4)c4ccc(-c5ccc(-c6ccc(CO)cc6)cc5)cc4)cc3)cc2)cc1. The highest BCUT2D eigenvalue weighted by Crippen LogP contribution is 2.38. The van der Waals surface area contributed by atoms with Crippen LogP contribution in [0, 0.1) is 6.92 Å². The average Bonchev–Trinajstić information content (AvgIpc) is 3.31. The molecular weight excluding hydrogens is 703 g/mol. The zero-order valence-electron chi connectivity index (χ0n) is 32.5. The standard InChI is InChI=1S/C56H43NO/c1-40-7-11-43(12-8-40)46-19-23-49(24-20-46)52-29-35-55(36-30-52)57(54-33-27-51(28-34-54)48-17-15-45(16-18-48)42-5-3-2-4-6-42)56-37-31-53(32-38-56)50-25-21-47(22-26-50)44-13-9-41(39-58)10-14-44/h2-38,58H,39H2,1H3. The zero-order chi connectivity index (χ0) is 39.3. The van der Waals surface area contributed by atoms with Crippen LogP contribution in [-0.4, -0.2) is 5.11 Å². The van der Waals surface area contributed by atoms with Crippen LogP contribution in [0.4, 0.5) is 17.1 Å². The Balaban J connectivity index is 1.00. The molecule has 0 aromatic heterocycles. The minimum Gasteiger partial charge on any atom is -0.392 e. The number of nitrogens with zero attached hydrogens (tertiary/aromatic N) is 1. The van der Waals surface area contributed by atoms with Gasteiger partial charge in [-0.1, -0.05) is 194 Å². The van der Waals surface area contributed by atoms with Gasteiger partial charge in [0.15, 0.2) is 0 Å². The average molecular weight is 746 g/mol. The van der Waals surface area contributed by atoms with Crippen molar-refractivity contribution in [2.45, 2.75) is 13.5 Å². The van der Waals surface area contributed by atoms with E-state index in [4.69, 9.17) is 0 Å². The second-order valence-corrected chi connectivity index (χ2v) is 14.8. The lowest BCUT2D eigenvalue weighted by molar-refractivity contribution is 0.282. The van der Waals surface area contributed by atoms with Crippen LogP contribution in [0.5, 0.6) is 0 Å². The molecule has 0 saturated carbocycles. The molecule has 9 aromatic rings. The Morgan fingerprint density at radius 1 is 0.276 bits per heavy atom. The molecule has 9 rings (SSSR count). The summed E-state index contributed by atoms with van der Waals surface area (Å²) < 4.78 is 0. The van der Waals surface area contributed by atoms with E-state index in [2.05, 4.69) is 224 Å². The van der Waals surface area contributed by atoms with Crippen molar-refractivity contribution >= 4 is 17.1 Å². The number of aliphatic hydroxyl groups is 1. The van der Waals surface area contributed by atoms with Crippen molar-refractivity contribution < 1.29 is 5.11 Å². The minimum atomic E-state index is 0.0526. The molecule has 278 valence electrons. The number of rotatable bonds is 10. The summed E-state index contributed by atoms with van der Waals surface area (Å²) >= 11 is 0. The van der Waals surface area contributed by atoms with Gasteiger partial charge >= 0.3 is 0 Å². The van der Waals surface area contributed by atoms with E-state index >= 15 is 0 Å². The molecular formula is C56H43NO. The van der Waals surface area contributed by atoms with Crippen LogP contribution in [0.15, 0.2) is 224 Å². The molecule has 0 radical (unpaired) electrons. The van der Waals surface area contributed by atoms with Crippen molar-refractivity contribution in [3.8, 4) is 66.8 Å². The number of hydrogen-bond acceptors (Lipinski definition) is 2. The largest absolute Gasteiger partial charge is 0.392 e. The predicted molar refractivity (Wildman–Crippen MR) is 244 cm³/mol. The van der Waals surface area contributed by atoms with Crippen molar-refractivity contribution in [1.29, 1.82) is 0 Å². The first kappa shape index (κ1) is 36.4. The summed E-state index contributed by atoms with van der Waals surface area (Å²) in [6.45, 7) is 2.17. The molecule has 0 saturated heterocycles. The lowest BCUT2D eigenvalue weighted by Crippen LogP contribution is -2.09. The fourth-order valence-corrected chi connectivity index (χ4v) is 7.60. The summed E-state index contributed by atoms with van der Waals surface area (Å²) in [4.78, 5) is 2.33. The zero-order valence-corrected chi connectivity index (χ0v) is 32.5. The molecule has 2 heteroatoms. The lowest BCUT2D eigenvalue weighted by Gasteiger charge is -2.26. The third kappa shape index (κ3) is 7.88. The second-order valence-electron chi connectivity index (χ2n) is 14.8. The molecule has 9 aromatic carbocycles. The summed E-state index contributed by atoms with van der Waals surface area (Å²) in [7, 11) is 0. The van der Waals surface area contributed by atoms with E-state index in [0.29, 0.717) is 0 Å². The maximum atomic E-state index is 9.43. The number of benzene rings is 9. The van der Waals surface area contributed by atoms with Gasteiger partial charge < -0.3 is 10.0 Å². The molecule has 0 heterocycles. The van der Waals surface area contributed by atoms with Gasteiger partial charge in [-0.2, -0.15) is 0 Å². The summed E-state index contributed by atoms with van der Waals surface area (Å²) in [6.07, 6.45) is 0. The van der Waals surface area contributed by atoms with Crippen LogP contribution in [-0.2, 0) is 6.61 Å². The maximum absolute atomic E-state index is 9.43. The third-order valence-corrected chi connectivity index (χ3v) is 11.0. The fraction of sp³-hybridized carbons (Fsp3) is 0.0357. The first-order valence-electron chi connectivity index (χ1n) is 19.8. The number of aryl methyl sites for hydroxylation is 1. The van der Waals surface area contributed by atoms with Crippen molar-refractivity contribution in [2.75, 3.05) is 4.90 Å². The third-order valence-electron chi connectivity index (χ3n) is 11.0. The van der Waals surface area contributed by atoms with Crippen molar-refractivity contribution in [3.63, 3.8) is 0 Å². The van der Waals surface area contributed by atoms with Gasteiger partial charge in [-0.25, -0.2) is 0 Å². The van der Waals surface area contributed by atoms with Gasteiger partial charge in [0, 0.05) is 17.1 Å². The van der Waals surface area contributed by atoms with Crippen LogP contribution in [0.2, 0.25) is 0 Å².